The van der Waals surface area contributed by atoms with Gasteiger partial charge >= 0.3 is 0 Å². The predicted molar refractivity (Wildman–Crippen MR) is 51.6 cm³/mol. The van der Waals surface area contributed by atoms with Gasteiger partial charge in [0.15, 0.2) is 0 Å². The molecule has 1 heterocycles. The van der Waals surface area contributed by atoms with Gasteiger partial charge in [-0.15, -0.1) is 0 Å². The molecule has 0 aliphatic carbocycles. The Morgan fingerprint density at radius 3 is 2.71 bits per heavy atom. The van der Waals surface area contributed by atoms with Gasteiger partial charge in [0.2, 0.25) is 0 Å². The van der Waals surface area contributed by atoms with E-state index in [0.29, 0.717) is 11.0 Å². The average molecular weight is 281 g/mol. The van der Waals surface area contributed by atoms with Crippen LogP contribution in [0.2, 0.25) is 5.02 Å². The van der Waals surface area contributed by atoms with Gasteiger partial charge in [0.1, 0.15) is 11.8 Å². The first-order chi connectivity index (χ1) is 6.60. The minimum absolute atomic E-state index is 0.00671. The lowest BCUT2D eigenvalue weighted by Crippen LogP contribution is -1.99. The van der Waals surface area contributed by atoms with E-state index in [9.17, 15) is 8.78 Å². The molecular weight excluding hydrogens is 277 g/mol. The SMILES string of the molecule is N#Cc1c(Cl)cc(CBr)nc1C(F)F. The van der Waals surface area contributed by atoms with E-state index in [2.05, 4.69) is 20.9 Å². The molecule has 1 aromatic heterocycles. The second kappa shape index (κ2) is 4.67. The summed E-state index contributed by atoms with van der Waals surface area (Å²) < 4.78 is 24.8. The molecule has 0 amide bonds. The number of hydrogen-bond acceptors (Lipinski definition) is 2. The summed E-state index contributed by atoms with van der Waals surface area (Å²) in [6.07, 6.45) is -2.79. The minimum atomic E-state index is -2.79. The van der Waals surface area contributed by atoms with E-state index in [4.69, 9.17) is 16.9 Å². The standard InChI is InChI=1S/C8H4BrClF2N2/c9-2-4-1-6(10)5(3-13)7(14-4)8(11)12/h1,8H,2H2. The highest BCUT2D eigenvalue weighted by molar-refractivity contribution is 9.08. The number of rotatable bonds is 2. The summed E-state index contributed by atoms with van der Waals surface area (Å²) in [5.41, 5.74) is -0.440. The molecule has 0 fully saturated rings. The molecule has 0 saturated carbocycles. The Bertz CT molecular complexity index is 390. The van der Waals surface area contributed by atoms with Crippen LogP contribution in [0.5, 0.6) is 0 Å². The maximum Gasteiger partial charge on any atom is 0.281 e. The quantitative estimate of drug-likeness (QED) is 0.779. The summed E-state index contributed by atoms with van der Waals surface area (Å²) in [6.45, 7) is 0. The third-order valence-corrected chi connectivity index (χ3v) is 2.38. The Morgan fingerprint density at radius 1 is 1.64 bits per heavy atom. The van der Waals surface area contributed by atoms with Crippen LogP contribution in [0.4, 0.5) is 8.78 Å². The van der Waals surface area contributed by atoms with Crippen LogP contribution in [0.3, 0.4) is 0 Å². The van der Waals surface area contributed by atoms with Crippen molar-refractivity contribution in [3.05, 3.63) is 28.0 Å². The van der Waals surface area contributed by atoms with Crippen molar-refractivity contribution >= 4 is 27.5 Å². The lowest BCUT2D eigenvalue weighted by Gasteiger charge is -2.05. The van der Waals surface area contributed by atoms with Gasteiger partial charge in [-0.05, 0) is 6.07 Å². The predicted octanol–water partition coefficient (Wildman–Crippen LogP) is 3.44. The summed E-state index contributed by atoms with van der Waals surface area (Å²) in [6, 6.07) is 3.00. The van der Waals surface area contributed by atoms with E-state index in [1.54, 1.807) is 6.07 Å². The summed E-state index contributed by atoms with van der Waals surface area (Å²) in [4.78, 5) is 3.62. The molecule has 0 bridgehead atoms. The molecule has 0 N–H and O–H groups in total. The smallest absolute Gasteiger partial charge is 0.249 e. The molecule has 1 rings (SSSR count). The number of halogens is 4. The van der Waals surface area contributed by atoms with E-state index in [0.717, 1.165) is 0 Å². The molecule has 0 saturated heterocycles. The van der Waals surface area contributed by atoms with Gasteiger partial charge in [-0.3, -0.25) is 0 Å². The Kier molecular flexibility index (Phi) is 3.78. The molecule has 2 nitrogen and oxygen atoms in total. The number of nitriles is 1. The highest BCUT2D eigenvalue weighted by Crippen LogP contribution is 2.27. The fourth-order valence-electron chi connectivity index (χ4n) is 0.921. The van der Waals surface area contributed by atoms with Crippen molar-refractivity contribution in [2.75, 3.05) is 0 Å². The zero-order chi connectivity index (χ0) is 10.7. The van der Waals surface area contributed by atoms with Crippen molar-refractivity contribution in [1.82, 2.24) is 4.98 Å². The van der Waals surface area contributed by atoms with E-state index in [1.165, 1.54) is 6.07 Å². The highest BCUT2D eigenvalue weighted by Gasteiger charge is 2.18. The van der Waals surface area contributed by atoms with Gasteiger partial charge in [0.05, 0.1) is 16.3 Å². The molecule has 6 heteroatoms. The first-order valence-corrected chi connectivity index (χ1v) is 5.03. The van der Waals surface area contributed by atoms with Crippen LogP contribution >= 0.6 is 27.5 Å². The van der Waals surface area contributed by atoms with Crippen LogP contribution in [0.15, 0.2) is 6.07 Å². The number of alkyl halides is 3. The zero-order valence-corrected chi connectivity index (χ0v) is 9.11. The number of nitrogens with zero attached hydrogens (tertiary/aromatic N) is 2. The van der Waals surface area contributed by atoms with Crippen LogP contribution in [0, 0.1) is 11.3 Å². The molecule has 1 aromatic rings. The van der Waals surface area contributed by atoms with Crippen molar-refractivity contribution in [1.29, 1.82) is 5.26 Å². The van der Waals surface area contributed by atoms with Crippen LogP contribution in [-0.4, -0.2) is 4.98 Å². The van der Waals surface area contributed by atoms with Crippen LogP contribution in [-0.2, 0) is 5.33 Å². The van der Waals surface area contributed by atoms with Gasteiger partial charge in [-0.2, -0.15) is 5.26 Å². The van der Waals surface area contributed by atoms with Gasteiger partial charge in [-0.25, -0.2) is 13.8 Å². The topological polar surface area (TPSA) is 36.7 Å². The maximum absolute atomic E-state index is 12.4. The largest absolute Gasteiger partial charge is 0.281 e. The molecule has 0 spiro atoms. The Labute approximate surface area is 92.6 Å². The lowest BCUT2D eigenvalue weighted by atomic mass is 10.2. The summed E-state index contributed by atoms with van der Waals surface area (Å²) >= 11 is 8.71. The van der Waals surface area contributed by atoms with Crippen LogP contribution in [0.25, 0.3) is 0 Å². The molecule has 0 aromatic carbocycles. The molecule has 14 heavy (non-hydrogen) atoms. The molecule has 0 atom stereocenters. The summed E-state index contributed by atoms with van der Waals surface area (Å²) in [7, 11) is 0. The van der Waals surface area contributed by atoms with E-state index in [1.807, 2.05) is 0 Å². The summed E-state index contributed by atoms with van der Waals surface area (Å²) in [5, 5.41) is 8.92. The van der Waals surface area contributed by atoms with Gasteiger partial charge < -0.3 is 0 Å². The van der Waals surface area contributed by atoms with Crippen molar-refractivity contribution < 1.29 is 8.78 Å². The third kappa shape index (κ3) is 2.20. The van der Waals surface area contributed by atoms with Crippen molar-refractivity contribution in [3.8, 4) is 6.07 Å². The fourth-order valence-corrected chi connectivity index (χ4v) is 1.47. The van der Waals surface area contributed by atoms with E-state index in [-0.39, 0.29) is 10.6 Å². The Balaban J connectivity index is 3.37. The van der Waals surface area contributed by atoms with Gasteiger partial charge in [-0.1, -0.05) is 27.5 Å². The van der Waals surface area contributed by atoms with Crippen molar-refractivity contribution in [3.63, 3.8) is 0 Å². The second-order valence-corrected chi connectivity index (χ2v) is 3.37. The van der Waals surface area contributed by atoms with E-state index < -0.39 is 12.1 Å². The summed E-state index contributed by atoms with van der Waals surface area (Å²) in [5.74, 6) is 0. The van der Waals surface area contributed by atoms with Gasteiger partial charge in [0, 0.05) is 5.33 Å². The lowest BCUT2D eigenvalue weighted by molar-refractivity contribution is 0.145. The van der Waals surface area contributed by atoms with Crippen LogP contribution < -0.4 is 0 Å². The Hall–Kier alpha value is -0.730. The number of hydrogen-bond donors (Lipinski definition) is 0. The maximum atomic E-state index is 12.4. The highest BCUT2D eigenvalue weighted by atomic mass is 79.9. The molecule has 74 valence electrons. The molecular formula is C8H4BrClF2N2. The number of pyridine rings is 1. The van der Waals surface area contributed by atoms with Gasteiger partial charge in [0.25, 0.3) is 6.43 Å². The first kappa shape index (κ1) is 11.3. The average Bonchev–Trinajstić information content (AvgIpc) is 2.16. The van der Waals surface area contributed by atoms with Crippen molar-refractivity contribution in [2.24, 2.45) is 0 Å². The van der Waals surface area contributed by atoms with Crippen LogP contribution in [0.1, 0.15) is 23.4 Å². The Morgan fingerprint density at radius 2 is 2.29 bits per heavy atom. The number of aromatic nitrogens is 1. The normalized spacial score (nSPS) is 10.3. The molecule has 0 radical (unpaired) electrons. The monoisotopic (exact) mass is 280 g/mol. The zero-order valence-electron chi connectivity index (χ0n) is 6.77. The molecule has 0 aliphatic heterocycles. The molecule has 0 unspecified atom stereocenters. The van der Waals surface area contributed by atoms with Crippen molar-refractivity contribution in [2.45, 2.75) is 11.8 Å². The van der Waals surface area contributed by atoms with E-state index >= 15 is 0 Å². The molecule has 0 aliphatic rings. The third-order valence-electron chi connectivity index (χ3n) is 1.51. The first-order valence-electron chi connectivity index (χ1n) is 3.53. The fraction of sp³-hybridized carbons (Fsp3) is 0.250. The minimum Gasteiger partial charge on any atom is -0.249 e. The second-order valence-electron chi connectivity index (χ2n) is 2.40.